The van der Waals surface area contributed by atoms with Gasteiger partial charge in [0.1, 0.15) is 0 Å². The molecular formula is C12H18ClN5S. The summed E-state index contributed by atoms with van der Waals surface area (Å²) in [6, 6.07) is 3.50. The second-order valence-electron chi connectivity index (χ2n) is 3.99. The van der Waals surface area contributed by atoms with Gasteiger partial charge in [-0.2, -0.15) is 0 Å². The van der Waals surface area contributed by atoms with E-state index in [1.165, 1.54) is 4.90 Å². The van der Waals surface area contributed by atoms with Gasteiger partial charge in [-0.25, -0.2) is 0 Å². The molecule has 0 saturated heterocycles. The smallest absolute Gasteiger partial charge is 0.195 e. The fourth-order valence-electron chi connectivity index (χ4n) is 1.42. The molecule has 0 amide bonds. The zero-order chi connectivity index (χ0) is 14.3. The van der Waals surface area contributed by atoms with Crippen molar-refractivity contribution < 1.29 is 0 Å². The lowest BCUT2D eigenvalue weighted by Crippen LogP contribution is -2.46. The first-order valence-electron chi connectivity index (χ1n) is 6.05. The normalized spacial score (nSPS) is 10.0. The molecule has 0 unspecified atom stereocenters. The number of rotatable bonds is 5. The molecular weight excluding hydrogens is 282 g/mol. The minimum absolute atomic E-state index is 0.129. The lowest BCUT2D eigenvalue weighted by Gasteiger charge is -2.23. The number of pyridine rings is 1. The van der Waals surface area contributed by atoms with Gasteiger partial charge in [0, 0.05) is 12.7 Å². The summed E-state index contributed by atoms with van der Waals surface area (Å²) in [6.45, 7) is 3.14. The van der Waals surface area contributed by atoms with E-state index in [0.29, 0.717) is 15.8 Å². The molecule has 7 heteroatoms. The van der Waals surface area contributed by atoms with Crippen LogP contribution in [0.4, 0.5) is 0 Å². The SMILES string of the molecule is CCCCNC(=S)N(Cc1ncccc1Cl)C(=N)N. The highest BCUT2D eigenvalue weighted by Crippen LogP contribution is 2.14. The molecule has 1 rings (SSSR count). The molecule has 1 aromatic rings. The van der Waals surface area contributed by atoms with Crippen molar-refractivity contribution in [2.75, 3.05) is 6.54 Å². The summed E-state index contributed by atoms with van der Waals surface area (Å²) < 4.78 is 0. The number of unbranched alkanes of at least 4 members (excludes halogenated alkanes) is 1. The summed E-state index contributed by atoms with van der Waals surface area (Å²) in [5, 5.41) is 11.6. The maximum Gasteiger partial charge on any atom is 0.195 e. The molecule has 0 saturated carbocycles. The Kier molecular flexibility index (Phi) is 6.52. The quantitative estimate of drug-likeness (QED) is 0.336. The van der Waals surface area contributed by atoms with E-state index in [-0.39, 0.29) is 12.5 Å². The number of halogens is 1. The second-order valence-corrected chi connectivity index (χ2v) is 4.78. The van der Waals surface area contributed by atoms with Crippen LogP contribution in [-0.2, 0) is 6.54 Å². The maximum absolute atomic E-state index is 7.59. The minimum atomic E-state index is -0.129. The van der Waals surface area contributed by atoms with E-state index in [4.69, 9.17) is 35.0 Å². The van der Waals surface area contributed by atoms with Gasteiger partial charge >= 0.3 is 0 Å². The van der Waals surface area contributed by atoms with Gasteiger partial charge in [0.25, 0.3) is 0 Å². The van der Waals surface area contributed by atoms with E-state index in [9.17, 15) is 0 Å². The summed E-state index contributed by atoms with van der Waals surface area (Å²) in [5.74, 6) is -0.129. The zero-order valence-electron chi connectivity index (χ0n) is 10.8. The van der Waals surface area contributed by atoms with E-state index >= 15 is 0 Å². The van der Waals surface area contributed by atoms with Crippen molar-refractivity contribution in [1.29, 1.82) is 5.41 Å². The topological polar surface area (TPSA) is 78.0 Å². The van der Waals surface area contributed by atoms with Crippen molar-refractivity contribution in [1.82, 2.24) is 15.2 Å². The van der Waals surface area contributed by atoms with E-state index in [1.54, 1.807) is 18.3 Å². The van der Waals surface area contributed by atoms with Crippen LogP contribution in [0.2, 0.25) is 5.02 Å². The van der Waals surface area contributed by atoms with Gasteiger partial charge in [-0.3, -0.25) is 15.3 Å². The molecule has 5 nitrogen and oxygen atoms in total. The molecule has 19 heavy (non-hydrogen) atoms. The highest BCUT2D eigenvalue weighted by molar-refractivity contribution is 7.80. The van der Waals surface area contributed by atoms with Gasteiger partial charge < -0.3 is 11.1 Å². The second kappa shape index (κ2) is 7.91. The third-order valence-electron chi connectivity index (χ3n) is 2.49. The molecule has 1 heterocycles. The van der Waals surface area contributed by atoms with Gasteiger partial charge in [-0.1, -0.05) is 24.9 Å². The van der Waals surface area contributed by atoms with Crippen molar-refractivity contribution >= 4 is 34.9 Å². The van der Waals surface area contributed by atoms with Crippen LogP contribution in [0.15, 0.2) is 18.3 Å². The van der Waals surface area contributed by atoms with Crippen LogP contribution >= 0.6 is 23.8 Å². The van der Waals surface area contributed by atoms with E-state index in [1.807, 2.05) is 0 Å². The van der Waals surface area contributed by atoms with Crippen molar-refractivity contribution in [3.8, 4) is 0 Å². The number of nitrogens with two attached hydrogens (primary N) is 1. The average molecular weight is 300 g/mol. The number of guanidine groups is 1. The molecule has 4 N–H and O–H groups in total. The third kappa shape index (κ3) is 5.00. The summed E-state index contributed by atoms with van der Waals surface area (Å²) in [5.41, 5.74) is 6.19. The first-order chi connectivity index (χ1) is 9.06. The molecule has 0 radical (unpaired) electrons. The van der Waals surface area contributed by atoms with Crippen LogP contribution in [0.5, 0.6) is 0 Å². The Morgan fingerprint density at radius 3 is 2.95 bits per heavy atom. The number of aromatic nitrogens is 1. The molecule has 0 atom stereocenters. The molecule has 0 aliphatic carbocycles. The summed E-state index contributed by atoms with van der Waals surface area (Å²) in [6.07, 6.45) is 3.73. The van der Waals surface area contributed by atoms with E-state index in [2.05, 4.69) is 17.2 Å². The van der Waals surface area contributed by atoms with Crippen molar-refractivity contribution in [2.45, 2.75) is 26.3 Å². The molecule has 0 aliphatic heterocycles. The Morgan fingerprint density at radius 1 is 1.63 bits per heavy atom. The Morgan fingerprint density at radius 2 is 2.37 bits per heavy atom. The molecule has 0 aromatic carbocycles. The van der Waals surface area contributed by atoms with Crippen LogP contribution in [0.3, 0.4) is 0 Å². The summed E-state index contributed by atoms with van der Waals surface area (Å²) >= 11 is 11.3. The number of nitrogens with one attached hydrogen (secondary N) is 2. The molecule has 0 bridgehead atoms. The molecule has 1 aromatic heterocycles. The van der Waals surface area contributed by atoms with Gasteiger partial charge in [0.15, 0.2) is 11.1 Å². The first-order valence-corrected chi connectivity index (χ1v) is 6.83. The summed E-state index contributed by atoms with van der Waals surface area (Å²) in [4.78, 5) is 5.64. The molecule has 0 spiro atoms. The Labute approximate surface area is 123 Å². The minimum Gasteiger partial charge on any atom is -0.370 e. The third-order valence-corrected chi connectivity index (χ3v) is 3.19. The number of thiocarbonyl (C=S) groups is 1. The highest BCUT2D eigenvalue weighted by atomic mass is 35.5. The largest absolute Gasteiger partial charge is 0.370 e. The fraction of sp³-hybridized carbons (Fsp3) is 0.417. The number of nitrogens with zero attached hydrogens (tertiary/aromatic N) is 2. The van der Waals surface area contributed by atoms with Crippen LogP contribution in [0.1, 0.15) is 25.5 Å². The lowest BCUT2D eigenvalue weighted by molar-refractivity contribution is 0.562. The molecule has 104 valence electrons. The highest BCUT2D eigenvalue weighted by Gasteiger charge is 2.15. The predicted molar refractivity (Wildman–Crippen MR) is 82.2 cm³/mol. The maximum atomic E-state index is 7.59. The van der Waals surface area contributed by atoms with Gasteiger partial charge in [-0.05, 0) is 30.8 Å². The zero-order valence-corrected chi connectivity index (χ0v) is 12.4. The van der Waals surface area contributed by atoms with Gasteiger partial charge in [-0.15, -0.1) is 0 Å². The van der Waals surface area contributed by atoms with Crippen LogP contribution < -0.4 is 11.1 Å². The van der Waals surface area contributed by atoms with Crippen molar-refractivity contribution in [3.05, 3.63) is 29.0 Å². The first kappa shape index (κ1) is 15.7. The Bertz CT molecular complexity index is 452. The molecule has 0 aliphatic rings. The molecule has 0 fully saturated rings. The van der Waals surface area contributed by atoms with Crippen LogP contribution in [0.25, 0.3) is 0 Å². The number of hydrogen-bond acceptors (Lipinski definition) is 3. The fourth-order valence-corrected chi connectivity index (χ4v) is 1.86. The van der Waals surface area contributed by atoms with Crippen molar-refractivity contribution in [2.24, 2.45) is 5.73 Å². The number of hydrogen-bond donors (Lipinski definition) is 3. The van der Waals surface area contributed by atoms with Crippen molar-refractivity contribution in [3.63, 3.8) is 0 Å². The monoisotopic (exact) mass is 299 g/mol. The van der Waals surface area contributed by atoms with E-state index < -0.39 is 0 Å². The van der Waals surface area contributed by atoms with Gasteiger partial charge in [0.2, 0.25) is 0 Å². The van der Waals surface area contributed by atoms with Crippen LogP contribution in [0, 0.1) is 5.41 Å². The van der Waals surface area contributed by atoms with E-state index in [0.717, 1.165) is 19.4 Å². The Balaban J connectivity index is 2.70. The summed E-state index contributed by atoms with van der Waals surface area (Å²) in [7, 11) is 0. The van der Waals surface area contributed by atoms with Crippen LogP contribution in [-0.4, -0.2) is 27.5 Å². The Hall–Kier alpha value is -1.40. The predicted octanol–water partition coefficient (Wildman–Crippen LogP) is 2.11. The van der Waals surface area contributed by atoms with Gasteiger partial charge in [0.05, 0.1) is 17.3 Å². The average Bonchev–Trinajstić information content (AvgIpc) is 2.37. The lowest BCUT2D eigenvalue weighted by atomic mass is 10.3. The standard InChI is InChI=1S/C12H18ClN5S/c1-2-3-6-17-12(19)18(11(14)15)8-10-9(13)5-4-7-16-10/h4-5,7H,2-3,6,8H2,1H3,(H3,14,15)(H,17,19).